The Kier molecular flexibility index (Phi) is 6.86. The maximum Gasteiger partial charge on any atom is 0.244 e. The van der Waals surface area contributed by atoms with Crippen molar-refractivity contribution in [3.63, 3.8) is 0 Å². The van der Waals surface area contributed by atoms with Crippen molar-refractivity contribution in [2.75, 3.05) is 11.9 Å². The molecule has 0 bridgehead atoms. The van der Waals surface area contributed by atoms with Crippen molar-refractivity contribution in [2.24, 2.45) is 0 Å². The highest BCUT2D eigenvalue weighted by Gasteiger charge is 2.35. The zero-order valence-corrected chi connectivity index (χ0v) is 20.4. The zero-order valence-electron chi connectivity index (χ0n) is 19.6. The number of benzene rings is 3. The highest BCUT2D eigenvalue weighted by atomic mass is 32.2. The van der Waals surface area contributed by atoms with Crippen LogP contribution in [0, 0.1) is 20.8 Å². The van der Waals surface area contributed by atoms with Gasteiger partial charge >= 0.3 is 0 Å². The van der Waals surface area contributed by atoms with Crippen LogP contribution < -0.4 is 5.32 Å². The summed E-state index contributed by atoms with van der Waals surface area (Å²) < 4.78 is 29.3. The Balaban J connectivity index is 1.67. The van der Waals surface area contributed by atoms with Crippen LogP contribution in [0.25, 0.3) is 10.8 Å². The standard InChI is InChI=1S/C27H32N2O3S/c1-19-16-20(2)27(21(3)17-19)33(31,32)29(23-12-5-4-6-13-23)18-26(30)28-25-15-9-11-22-10-7-8-14-24(22)25/h7-11,14-17,23H,4-6,12-13,18H2,1-3H3,(H,28,30). The molecule has 0 radical (unpaired) electrons. The molecule has 174 valence electrons. The first-order valence-corrected chi connectivity index (χ1v) is 13.1. The molecule has 0 aliphatic heterocycles. The third kappa shape index (κ3) is 4.97. The van der Waals surface area contributed by atoms with Gasteiger partial charge in [0.2, 0.25) is 15.9 Å². The van der Waals surface area contributed by atoms with Gasteiger partial charge in [0.25, 0.3) is 0 Å². The van der Waals surface area contributed by atoms with E-state index in [1.807, 2.05) is 75.4 Å². The molecule has 1 fully saturated rings. The number of hydrogen-bond acceptors (Lipinski definition) is 3. The molecule has 1 saturated carbocycles. The van der Waals surface area contributed by atoms with Crippen LogP contribution in [0.3, 0.4) is 0 Å². The van der Waals surface area contributed by atoms with Crippen LogP contribution in [0.5, 0.6) is 0 Å². The number of nitrogens with zero attached hydrogens (tertiary/aromatic N) is 1. The van der Waals surface area contributed by atoms with Gasteiger partial charge in [0.1, 0.15) is 0 Å². The van der Waals surface area contributed by atoms with Crippen LogP contribution in [0.15, 0.2) is 59.5 Å². The summed E-state index contributed by atoms with van der Waals surface area (Å²) in [5.41, 5.74) is 3.18. The van der Waals surface area contributed by atoms with E-state index in [1.54, 1.807) is 0 Å². The lowest BCUT2D eigenvalue weighted by Crippen LogP contribution is -2.46. The van der Waals surface area contributed by atoms with Crippen LogP contribution >= 0.6 is 0 Å². The average molecular weight is 465 g/mol. The molecule has 0 atom stereocenters. The van der Waals surface area contributed by atoms with Gasteiger partial charge in [-0.25, -0.2) is 8.42 Å². The Hall–Kier alpha value is -2.70. The molecule has 1 aliphatic rings. The summed E-state index contributed by atoms with van der Waals surface area (Å²) in [7, 11) is -3.84. The molecular formula is C27H32N2O3S. The first kappa shape index (κ1) is 23.5. The second-order valence-electron chi connectivity index (χ2n) is 9.14. The summed E-state index contributed by atoms with van der Waals surface area (Å²) in [6.45, 7) is 5.44. The molecule has 0 aromatic heterocycles. The fourth-order valence-corrected chi connectivity index (χ4v) is 7.19. The molecule has 1 N–H and O–H groups in total. The highest BCUT2D eigenvalue weighted by molar-refractivity contribution is 7.89. The summed E-state index contributed by atoms with van der Waals surface area (Å²) in [5, 5.41) is 4.93. The number of sulfonamides is 1. The van der Waals surface area contributed by atoms with Crippen molar-refractivity contribution in [1.82, 2.24) is 4.31 Å². The largest absolute Gasteiger partial charge is 0.324 e. The summed E-state index contributed by atoms with van der Waals surface area (Å²) in [5.74, 6) is -0.317. The number of anilines is 1. The van der Waals surface area contributed by atoms with Gasteiger partial charge in [0, 0.05) is 17.1 Å². The Bertz CT molecular complexity index is 1250. The van der Waals surface area contributed by atoms with Gasteiger partial charge in [-0.15, -0.1) is 0 Å². The van der Waals surface area contributed by atoms with E-state index in [9.17, 15) is 13.2 Å². The molecule has 0 unspecified atom stereocenters. The quantitative estimate of drug-likeness (QED) is 0.507. The first-order chi connectivity index (χ1) is 15.8. The van der Waals surface area contributed by atoms with Crippen molar-refractivity contribution in [3.8, 4) is 0 Å². The van der Waals surface area contributed by atoms with Gasteiger partial charge in [-0.1, -0.05) is 73.4 Å². The summed E-state index contributed by atoms with van der Waals surface area (Å²) in [6, 6.07) is 17.2. The van der Waals surface area contributed by atoms with E-state index >= 15 is 0 Å². The summed E-state index contributed by atoms with van der Waals surface area (Å²) >= 11 is 0. The number of amides is 1. The molecular weight excluding hydrogens is 432 g/mol. The van der Waals surface area contributed by atoms with Gasteiger partial charge in [0.15, 0.2) is 0 Å². The van der Waals surface area contributed by atoms with Gasteiger partial charge in [-0.2, -0.15) is 4.31 Å². The number of hydrogen-bond donors (Lipinski definition) is 1. The summed E-state index contributed by atoms with van der Waals surface area (Å²) in [4.78, 5) is 13.5. The maximum absolute atomic E-state index is 13.9. The highest BCUT2D eigenvalue weighted by Crippen LogP contribution is 2.31. The molecule has 3 aromatic rings. The average Bonchev–Trinajstić information content (AvgIpc) is 2.77. The number of fused-ring (bicyclic) bond motifs is 1. The van der Waals surface area contributed by atoms with Crippen molar-refractivity contribution in [2.45, 2.75) is 63.8 Å². The van der Waals surface area contributed by atoms with Crippen LogP contribution in [0.2, 0.25) is 0 Å². The third-order valence-electron chi connectivity index (χ3n) is 6.52. The van der Waals surface area contributed by atoms with Crippen molar-refractivity contribution in [3.05, 3.63) is 71.3 Å². The molecule has 1 amide bonds. The van der Waals surface area contributed by atoms with E-state index in [4.69, 9.17) is 0 Å². The smallest absolute Gasteiger partial charge is 0.244 e. The molecule has 5 nitrogen and oxygen atoms in total. The number of nitrogens with one attached hydrogen (secondary N) is 1. The zero-order chi connectivity index (χ0) is 23.6. The minimum Gasteiger partial charge on any atom is -0.324 e. The molecule has 4 rings (SSSR count). The monoisotopic (exact) mass is 464 g/mol. The van der Waals surface area contributed by atoms with Gasteiger partial charge in [0.05, 0.1) is 11.4 Å². The molecule has 1 aliphatic carbocycles. The molecule has 0 saturated heterocycles. The topological polar surface area (TPSA) is 66.5 Å². The number of rotatable bonds is 6. The van der Waals surface area contributed by atoms with E-state index in [0.29, 0.717) is 10.6 Å². The van der Waals surface area contributed by atoms with Crippen LogP contribution in [-0.2, 0) is 14.8 Å². The van der Waals surface area contributed by atoms with Crippen LogP contribution in [0.4, 0.5) is 5.69 Å². The molecule has 0 heterocycles. The summed E-state index contributed by atoms with van der Waals surface area (Å²) in [6.07, 6.45) is 4.63. The number of carbonyl (C=O) groups excluding carboxylic acids is 1. The van der Waals surface area contributed by atoms with E-state index < -0.39 is 10.0 Å². The van der Waals surface area contributed by atoms with E-state index in [1.165, 1.54) is 4.31 Å². The molecule has 3 aromatic carbocycles. The minimum atomic E-state index is -3.84. The predicted octanol–water partition coefficient (Wildman–Crippen LogP) is 5.73. The number of carbonyl (C=O) groups is 1. The van der Waals surface area contributed by atoms with Crippen LogP contribution in [-0.4, -0.2) is 31.2 Å². The van der Waals surface area contributed by atoms with E-state index in [-0.39, 0.29) is 18.5 Å². The SMILES string of the molecule is Cc1cc(C)c(S(=O)(=O)N(CC(=O)Nc2cccc3ccccc23)C2CCCCC2)c(C)c1. The van der Waals surface area contributed by atoms with Crippen molar-refractivity contribution < 1.29 is 13.2 Å². The fraction of sp³-hybridized carbons (Fsp3) is 0.370. The van der Waals surface area contributed by atoms with Crippen molar-refractivity contribution >= 4 is 32.4 Å². The number of aryl methyl sites for hydroxylation is 3. The Morgan fingerprint density at radius 2 is 1.58 bits per heavy atom. The second kappa shape index (κ2) is 9.65. The Labute approximate surface area is 196 Å². The maximum atomic E-state index is 13.9. The fourth-order valence-electron chi connectivity index (χ4n) is 5.14. The van der Waals surface area contributed by atoms with Gasteiger partial charge in [-0.05, 0) is 56.2 Å². The normalized spacial score (nSPS) is 15.2. The minimum absolute atomic E-state index is 0.165. The van der Waals surface area contributed by atoms with E-state index in [2.05, 4.69) is 5.32 Å². The molecule has 33 heavy (non-hydrogen) atoms. The molecule has 0 spiro atoms. The van der Waals surface area contributed by atoms with E-state index in [0.717, 1.165) is 59.6 Å². The Morgan fingerprint density at radius 3 is 2.27 bits per heavy atom. The Morgan fingerprint density at radius 1 is 0.939 bits per heavy atom. The lowest BCUT2D eigenvalue weighted by molar-refractivity contribution is -0.116. The van der Waals surface area contributed by atoms with Crippen LogP contribution in [0.1, 0.15) is 48.8 Å². The first-order valence-electron chi connectivity index (χ1n) is 11.6. The van der Waals surface area contributed by atoms with Gasteiger partial charge < -0.3 is 5.32 Å². The van der Waals surface area contributed by atoms with Crippen molar-refractivity contribution in [1.29, 1.82) is 0 Å². The lowest BCUT2D eigenvalue weighted by Gasteiger charge is -2.33. The second-order valence-corrected chi connectivity index (χ2v) is 11.0. The van der Waals surface area contributed by atoms with Gasteiger partial charge in [-0.3, -0.25) is 4.79 Å². The lowest BCUT2D eigenvalue weighted by atomic mass is 9.95. The third-order valence-corrected chi connectivity index (χ3v) is 8.72. The molecule has 6 heteroatoms. The predicted molar refractivity (Wildman–Crippen MR) is 134 cm³/mol.